The van der Waals surface area contributed by atoms with E-state index in [0.29, 0.717) is 18.8 Å². The van der Waals surface area contributed by atoms with E-state index in [-0.39, 0.29) is 5.69 Å². The Balaban J connectivity index is 1.89. The molecule has 2 aromatic carbocycles. The summed E-state index contributed by atoms with van der Waals surface area (Å²) >= 11 is 0. The van der Waals surface area contributed by atoms with Gasteiger partial charge in [-0.2, -0.15) is 5.10 Å². The molecule has 0 spiro atoms. The van der Waals surface area contributed by atoms with E-state index in [9.17, 15) is 10.1 Å². The average Bonchev–Trinajstić information content (AvgIpc) is 2.90. The monoisotopic (exact) mass is 361 g/mol. The lowest BCUT2D eigenvalue weighted by atomic mass is 10.1. The Bertz CT molecular complexity index is 1020. The van der Waals surface area contributed by atoms with Crippen molar-refractivity contribution >= 4 is 17.2 Å². The lowest BCUT2D eigenvalue weighted by molar-refractivity contribution is -0.384. The predicted molar refractivity (Wildman–Crippen MR) is 104 cm³/mol. The number of nitro benzene ring substituents is 1. The van der Waals surface area contributed by atoms with Crippen molar-refractivity contribution in [1.29, 1.82) is 0 Å². The molecule has 1 aliphatic rings. The second kappa shape index (κ2) is 7.13. The summed E-state index contributed by atoms with van der Waals surface area (Å²) in [5.74, 6) is 0.733. The van der Waals surface area contributed by atoms with E-state index in [0.717, 1.165) is 34.8 Å². The third kappa shape index (κ3) is 3.24. The van der Waals surface area contributed by atoms with Crippen molar-refractivity contribution in [2.75, 3.05) is 6.54 Å². The van der Waals surface area contributed by atoms with Gasteiger partial charge < -0.3 is 5.32 Å². The number of nitro groups is 1. The van der Waals surface area contributed by atoms with Gasteiger partial charge in [-0.25, -0.2) is 9.67 Å². The molecule has 1 aliphatic heterocycles. The molecule has 136 valence electrons. The van der Waals surface area contributed by atoms with Gasteiger partial charge >= 0.3 is 0 Å². The number of rotatable bonds is 4. The smallest absolute Gasteiger partial charge is 0.271 e. The molecule has 4 rings (SSSR count). The molecule has 27 heavy (non-hydrogen) atoms. The molecule has 0 radical (unpaired) electrons. The zero-order chi connectivity index (χ0) is 18.8. The molecular weight excluding hydrogens is 342 g/mol. The number of nitrogens with one attached hydrogen (secondary N) is 1. The molecular formula is C20H19N5O2. The number of aryl methyl sites for hydroxylation is 1. The van der Waals surface area contributed by atoms with E-state index < -0.39 is 4.92 Å². The Morgan fingerprint density at radius 2 is 1.96 bits per heavy atom. The molecule has 2 heterocycles. The van der Waals surface area contributed by atoms with Crippen LogP contribution < -0.4 is 5.32 Å². The van der Waals surface area contributed by atoms with E-state index in [1.165, 1.54) is 12.1 Å². The number of fused-ring (bicyclic) bond motifs is 1. The molecule has 7 nitrogen and oxygen atoms in total. The molecule has 1 N–H and O–H groups in total. The minimum atomic E-state index is -0.396. The van der Waals surface area contributed by atoms with Gasteiger partial charge in [-0.05, 0) is 18.1 Å². The van der Waals surface area contributed by atoms with Gasteiger partial charge in [0.2, 0.25) is 0 Å². The van der Waals surface area contributed by atoms with Crippen LogP contribution in [0, 0.1) is 10.1 Å². The quantitative estimate of drug-likeness (QED) is 0.569. The fraction of sp³-hybridized carbons (Fsp3) is 0.200. The normalized spacial score (nSPS) is 13.6. The third-order valence-corrected chi connectivity index (χ3v) is 4.60. The molecule has 1 aromatic heterocycles. The highest BCUT2D eigenvalue weighted by molar-refractivity contribution is 6.03. The van der Waals surface area contributed by atoms with Gasteiger partial charge in [0.1, 0.15) is 0 Å². The van der Waals surface area contributed by atoms with Crippen LogP contribution >= 0.6 is 0 Å². The number of non-ortho nitro benzene ring substituents is 1. The number of aromatic nitrogens is 2. The highest BCUT2D eigenvalue weighted by atomic mass is 16.6. The summed E-state index contributed by atoms with van der Waals surface area (Å²) in [6.07, 6.45) is 0.766. The molecule has 0 amide bonds. The van der Waals surface area contributed by atoms with Crippen LogP contribution in [-0.2, 0) is 13.0 Å². The van der Waals surface area contributed by atoms with Gasteiger partial charge in [-0.15, -0.1) is 0 Å². The topological polar surface area (TPSA) is 85.3 Å². The number of benzene rings is 2. The van der Waals surface area contributed by atoms with Crippen molar-refractivity contribution in [3.63, 3.8) is 0 Å². The van der Waals surface area contributed by atoms with Crippen LogP contribution in [0.1, 0.15) is 23.7 Å². The molecule has 0 saturated heterocycles. The number of hydrogen-bond acceptors (Lipinski definition) is 5. The van der Waals surface area contributed by atoms with E-state index in [1.807, 2.05) is 43.3 Å². The number of aliphatic imine (C=N–C) groups is 1. The number of hydrogen-bond donors (Lipinski definition) is 1. The molecule has 7 heteroatoms. The SMILES string of the molecule is CCc1nn(-c2cccc([N+](=O)[O-])c2)c2c1CNCC(c1ccccc1)=N2. The molecule has 0 saturated carbocycles. The maximum atomic E-state index is 11.2. The van der Waals surface area contributed by atoms with Crippen molar-refractivity contribution in [2.45, 2.75) is 19.9 Å². The zero-order valence-electron chi connectivity index (χ0n) is 14.9. The van der Waals surface area contributed by atoms with Crippen LogP contribution in [-0.4, -0.2) is 27.0 Å². The summed E-state index contributed by atoms with van der Waals surface area (Å²) in [7, 11) is 0. The third-order valence-electron chi connectivity index (χ3n) is 4.60. The lowest BCUT2D eigenvalue weighted by Crippen LogP contribution is -2.21. The summed E-state index contributed by atoms with van der Waals surface area (Å²) in [6.45, 7) is 3.36. The first-order valence-electron chi connectivity index (χ1n) is 8.86. The van der Waals surface area contributed by atoms with E-state index >= 15 is 0 Å². The van der Waals surface area contributed by atoms with Crippen LogP contribution in [0.25, 0.3) is 5.69 Å². The second-order valence-corrected chi connectivity index (χ2v) is 6.32. The predicted octanol–water partition coefficient (Wildman–Crippen LogP) is 3.57. The molecule has 0 atom stereocenters. The lowest BCUT2D eigenvalue weighted by Gasteiger charge is -2.07. The van der Waals surface area contributed by atoms with Crippen LogP contribution in [0.3, 0.4) is 0 Å². The van der Waals surface area contributed by atoms with Gasteiger partial charge in [0.15, 0.2) is 5.82 Å². The molecule has 0 bridgehead atoms. The fourth-order valence-electron chi connectivity index (χ4n) is 3.25. The van der Waals surface area contributed by atoms with Gasteiger partial charge in [-0.1, -0.05) is 43.3 Å². The molecule has 3 aromatic rings. The minimum absolute atomic E-state index is 0.0359. The Hall–Kier alpha value is -3.32. The second-order valence-electron chi connectivity index (χ2n) is 6.32. The van der Waals surface area contributed by atoms with Crippen molar-refractivity contribution < 1.29 is 4.92 Å². The Morgan fingerprint density at radius 1 is 1.15 bits per heavy atom. The van der Waals surface area contributed by atoms with Gasteiger partial charge in [0.25, 0.3) is 5.69 Å². The maximum absolute atomic E-state index is 11.2. The summed E-state index contributed by atoms with van der Waals surface area (Å²) < 4.78 is 1.72. The molecule has 0 aliphatic carbocycles. The first-order chi connectivity index (χ1) is 13.2. The summed E-state index contributed by atoms with van der Waals surface area (Å²) in [4.78, 5) is 15.7. The molecule has 0 fully saturated rings. The Labute approximate surface area is 156 Å². The van der Waals surface area contributed by atoms with Gasteiger partial charge in [-0.3, -0.25) is 10.1 Å². The Morgan fingerprint density at radius 3 is 2.70 bits per heavy atom. The Kier molecular flexibility index (Phi) is 4.52. The number of nitrogens with zero attached hydrogens (tertiary/aromatic N) is 4. The summed E-state index contributed by atoms with van der Waals surface area (Å²) in [6, 6.07) is 16.5. The highest BCUT2D eigenvalue weighted by Gasteiger charge is 2.22. The van der Waals surface area contributed by atoms with Gasteiger partial charge in [0.05, 0.1) is 22.0 Å². The van der Waals surface area contributed by atoms with Crippen LogP contribution in [0.2, 0.25) is 0 Å². The van der Waals surface area contributed by atoms with Crippen molar-refractivity contribution in [3.8, 4) is 5.69 Å². The standard InChI is InChI=1S/C20H19N5O2/c1-2-18-17-12-21-13-19(14-7-4-3-5-8-14)22-20(17)24(23-18)15-9-6-10-16(11-15)25(26)27/h3-11,21H,2,12-13H2,1H3. The van der Waals surface area contributed by atoms with E-state index in [4.69, 9.17) is 10.1 Å². The minimum Gasteiger partial charge on any atom is -0.307 e. The largest absolute Gasteiger partial charge is 0.307 e. The highest BCUT2D eigenvalue weighted by Crippen LogP contribution is 2.30. The summed E-state index contributed by atoms with van der Waals surface area (Å²) in [5, 5.41) is 19.3. The first-order valence-corrected chi connectivity index (χ1v) is 8.86. The first kappa shape index (κ1) is 17.1. The average molecular weight is 361 g/mol. The molecule has 0 unspecified atom stereocenters. The van der Waals surface area contributed by atoms with Crippen molar-refractivity contribution in [3.05, 3.63) is 81.5 Å². The van der Waals surface area contributed by atoms with Crippen LogP contribution in [0.15, 0.2) is 59.6 Å². The maximum Gasteiger partial charge on any atom is 0.271 e. The van der Waals surface area contributed by atoms with Crippen LogP contribution in [0.5, 0.6) is 0 Å². The van der Waals surface area contributed by atoms with Crippen LogP contribution in [0.4, 0.5) is 11.5 Å². The summed E-state index contributed by atoms with van der Waals surface area (Å²) in [5.41, 5.74) is 4.62. The zero-order valence-corrected chi connectivity index (χ0v) is 14.9. The van der Waals surface area contributed by atoms with Crippen molar-refractivity contribution in [1.82, 2.24) is 15.1 Å². The van der Waals surface area contributed by atoms with Crippen molar-refractivity contribution in [2.24, 2.45) is 4.99 Å². The fourth-order valence-corrected chi connectivity index (χ4v) is 3.25. The van der Waals surface area contributed by atoms with E-state index in [2.05, 4.69) is 5.32 Å². The van der Waals surface area contributed by atoms with E-state index in [1.54, 1.807) is 10.7 Å². The van der Waals surface area contributed by atoms with Gasteiger partial charge in [0, 0.05) is 30.8 Å².